The SMILES string of the molecule is CC[C@@H]1[C@H]2CC=CC[C@]2(O)CCC1(C)C. The van der Waals surface area contributed by atoms with Gasteiger partial charge in [0, 0.05) is 0 Å². The molecule has 0 aromatic rings. The Hall–Kier alpha value is -0.300. The van der Waals surface area contributed by atoms with E-state index in [2.05, 4.69) is 32.9 Å². The largest absolute Gasteiger partial charge is 0.389 e. The van der Waals surface area contributed by atoms with Gasteiger partial charge in [0.25, 0.3) is 0 Å². The van der Waals surface area contributed by atoms with Crippen molar-refractivity contribution in [1.82, 2.24) is 0 Å². The lowest BCUT2D eigenvalue weighted by Gasteiger charge is -2.53. The normalized spacial score (nSPS) is 43.7. The molecule has 0 aromatic heterocycles. The fourth-order valence-corrected chi connectivity index (χ4v) is 3.83. The molecule has 2 aliphatic carbocycles. The fraction of sp³-hybridized carbons (Fsp3) is 0.857. The summed E-state index contributed by atoms with van der Waals surface area (Å²) >= 11 is 0. The summed E-state index contributed by atoms with van der Waals surface area (Å²) in [6, 6.07) is 0. The van der Waals surface area contributed by atoms with Gasteiger partial charge in [-0.15, -0.1) is 0 Å². The van der Waals surface area contributed by atoms with Crippen LogP contribution in [0.1, 0.15) is 52.9 Å². The molecule has 0 saturated heterocycles. The topological polar surface area (TPSA) is 20.2 Å². The highest BCUT2D eigenvalue weighted by Gasteiger charge is 2.50. The molecule has 1 fully saturated rings. The van der Waals surface area contributed by atoms with Crippen molar-refractivity contribution >= 4 is 0 Å². The molecule has 0 amide bonds. The third-order valence-corrected chi connectivity index (χ3v) is 4.85. The van der Waals surface area contributed by atoms with Gasteiger partial charge in [0.15, 0.2) is 0 Å². The minimum atomic E-state index is -0.384. The van der Waals surface area contributed by atoms with E-state index in [1.807, 2.05) is 0 Å². The molecule has 0 aromatic carbocycles. The van der Waals surface area contributed by atoms with Crippen LogP contribution >= 0.6 is 0 Å². The zero-order valence-electron chi connectivity index (χ0n) is 10.3. The average Bonchev–Trinajstić information content (AvgIpc) is 2.18. The van der Waals surface area contributed by atoms with Crippen molar-refractivity contribution in [2.45, 2.75) is 58.5 Å². The van der Waals surface area contributed by atoms with Crippen molar-refractivity contribution in [3.63, 3.8) is 0 Å². The van der Waals surface area contributed by atoms with Crippen LogP contribution in [0, 0.1) is 17.3 Å². The van der Waals surface area contributed by atoms with Gasteiger partial charge in [0.05, 0.1) is 5.60 Å². The van der Waals surface area contributed by atoms with Crippen molar-refractivity contribution in [1.29, 1.82) is 0 Å². The zero-order chi connectivity index (χ0) is 11.1. The first-order valence-corrected chi connectivity index (χ1v) is 6.37. The summed E-state index contributed by atoms with van der Waals surface area (Å²) in [5, 5.41) is 10.7. The molecule has 2 aliphatic rings. The summed E-state index contributed by atoms with van der Waals surface area (Å²) in [7, 11) is 0. The number of hydrogen-bond acceptors (Lipinski definition) is 1. The van der Waals surface area contributed by atoms with Gasteiger partial charge in [0.2, 0.25) is 0 Å². The molecule has 2 rings (SSSR count). The van der Waals surface area contributed by atoms with Crippen LogP contribution in [0.3, 0.4) is 0 Å². The molecule has 1 saturated carbocycles. The van der Waals surface area contributed by atoms with Crippen molar-refractivity contribution in [3.8, 4) is 0 Å². The van der Waals surface area contributed by atoms with Crippen LogP contribution in [0.15, 0.2) is 12.2 Å². The van der Waals surface area contributed by atoms with Gasteiger partial charge in [-0.1, -0.05) is 39.3 Å². The molecular formula is C14H24O. The van der Waals surface area contributed by atoms with Crippen LogP contribution in [0.25, 0.3) is 0 Å². The number of hydrogen-bond donors (Lipinski definition) is 1. The molecule has 1 nitrogen and oxygen atoms in total. The summed E-state index contributed by atoms with van der Waals surface area (Å²) in [5.41, 5.74) is 0.0295. The fourth-order valence-electron chi connectivity index (χ4n) is 3.83. The Bertz CT molecular complexity index is 267. The maximum atomic E-state index is 10.7. The predicted octanol–water partition coefficient (Wildman–Crippen LogP) is 3.53. The maximum absolute atomic E-state index is 10.7. The maximum Gasteiger partial charge on any atom is 0.0716 e. The number of rotatable bonds is 1. The van der Waals surface area contributed by atoms with Crippen LogP contribution in [-0.4, -0.2) is 10.7 Å². The molecule has 1 heteroatoms. The van der Waals surface area contributed by atoms with Gasteiger partial charge in [0.1, 0.15) is 0 Å². The quantitative estimate of drug-likeness (QED) is 0.654. The number of allylic oxidation sites excluding steroid dienone is 1. The summed E-state index contributed by atoms with van der Waals surface area (Å²) in [4.78, 5) is 0. The Morgan fingerprint density at radius 1 is 1.27 bits per heavy atom. The van der Waals surface area contributed by atoms with E-state index >= 15 is 0 Å². The molecular weight excluding hydrogens is 184 g/mol. The zero-order valence-corrected chi connectivity index (χ0v) is 10.3. The Kier molecular flexibility index (Phi) is 2.70. The highest BCUT2D eigenvalue weighted by Crippen LogP contribution is 2.53. The molecule has 1 N–H and O–H groups in total. The van der Waals surface area contributed by atoms with Gasteiger partial charge in [-0.05, 0) is 42.9 Å². The Morgan fingerprint density at radius 2 is 2.00 bits per heavy atom. The molecule has 86 valence electrons. The summed E-state index contributed by atoms with van der Waals surface area (Å²) in [6.45, 7) is 7.02. The van der Waals surface area contributed by atoms with E-state index in [-0.39, 0.29) is 5.60 Å². The number of aliphatic hydroxyl groups is 1. The second-order valence-corrected chi connectivity index (χ2v) is 6.12. The summed E-state index contributed by atoms with van der Waals surface area (Å²) in [6.07, 6.45) is 9.76. The van der Waals surface area contributed by atoms with Crippen LogP contribution < -0.4 is 0 Å². The van der Waals surface area contributed by atoms with Crippen LogP contribution in [0.2, 0.25) is 0 Å². The Balaban J connectivity index is 2.28. The minimum Gasteiger partial charge on any atom is -0.389 e. The molecule has 0 bridgehead atoms. The molecule has 0 unspecified atom stereocenters. The highest BCUT2D eigenvalue weighted by atomic mass is 16.3. The first-order valence-electron chi connectivity index (χ1n) is 6.37. The van der Waals surface area contributed by atoms with Crippen LogP contribution in [-0.2, 0) is 0 Å². The molecule has 15 heavy (non-hydrogen) atoms. The van der Waals surface area contributed by atoms with Crippen molar-refractivity contribution in [3.05, 3.63) is 12.2 Å². The third-order valence-electron chi connectivity index (χ3n) is 4.85. The van der Waals surface area contributed by atoms with Gasteiger partial charge in [-0.3, -0.25) is 0 Å². The minimum absolute atomic E-state index is 0.384. The predicted molar refractivity (Wildman–Crippen MR) is 63.6 cm³/mol. The lowest BCUT2D eigenvalue weighted by atomic mass is 9.54. The smallest absolute Gasteiger partial charge is 0.0716 e. The monoisotopic (exact) mass is 208 g/mol. The highest BCUT2D eigenvalue weighted by molar-refractivity contribution is 5.09. The molecule has 3 atom stereocenters. The Morgan fingerprint density at radius 3 is 2.67 bits per heavy atom. The second kappa shape index (κ2) is 3.62. The lowest BCUT2D eigenvalue weighted by molar-refractivity contribution is -0.117. The first-order chi connectivity index (χ1) is 6.99. The Labute approximate surface area is 93.6 Å². The van der Waals surface area contributed by atoms with Crippen molar-refractivity contribution in [2.24, 2.45) is 17.3 Å². The van der Waals surface area contributed by atoms with E-state index in [0.717, 1.165) is 19.3 Å². The van der Waals surface area contributed by atoms with Gasteiger partial charge >= 0.3 is 0 Å². The molecule has 0 heterocycles. The third kappa shape index (κ3) is 1.75. The van der Waals surface area contributed by atoms with E-state index < -0.39 is 0 Å². The van der Waals surface area contributed by atoms with Gasteiger partial charge in [-0.2, -0.15) is 0 Å². The van der Waals surface area contributed by atoms with E-state index in [1.54, 1.807) is 0 Å². The van der Waals surface area contributed by atoms with E-state index in [4.69, 9.17) is 0 Å². The average molecular weight is 208 g/mol. The van der Waals surface area contributed by atoms with Crippen molar-refractivity contribution in [2.75, 3.05) is 0 Å². The summed E-state index contributed by atoms with van der Waals surface area (Å²) in [5.74, 6) is 1.18. The molecule has 0 spiro atoms. The van der Waals surface area contributed by atoms with Gasteiger partial charge < -0.3 is 5.11 Å². The van der Waals surface area contributed by atoms with Crippen LogP contribution in [0.4, 0.5) is 0 Å². The first kappa shape index (κ1) is 11.2. The molecule has 0 aliphatic heterocycles. The standard InChI is InChI=1S/C14H24O/c1-4-11-12-7-5-6-8-14(12,15)10-9-13(11,2)3/h5-6,11-12,15H,4,7-10H2,1-3H3/t11-,12-,14+/m1/s1. The molecule has 0 radical (unpaired) electrons. The number of fused-ring (bicyclic) bond motifs is 1. The van der Waals surface area contributed by atoms with E-state index in [0.29, 0.717) is 17.3 Å². The lowest BCUT2D eigenvalue weighted by Crippen LogP contribution is -2.51. The second-order valence-electron chi connectivity index (χ2n) is 6.12. The van der Waals surface area contributed by atoms with Crippen LogP contribution in [0.5, 0.6) is 0 Å². The summed E-state index contributed by atoms with van der Waals surface area (Å²) < 4.78 is 0. The van der Waals surface area contributed by atoms with Gasteiger partial charge in [-0.25, -0.2) is 0 Å². The van der Waals surface area contributed by atoms with E-state index in [1.165, 1.54) is 12.8 Å². The van der Waals surface area contributed by atoms with Crippen molar-refractivity contribution < 1.29 is 5.11 Å². The van der Waals surface area contributed by atoms with E-state index in [9.17, 15) is 5.11 Å².